The quantitative estimate of drug-likeness (QED) is 0.307. The Bertz CT molecular complexity index is 1100. The minimum Gasteiger partial charge on any atom is -0.258 e. The summed E-state index contributed by atoms with van der Waals surface area (Å²) < 4.78 is 0. The Labute approximate surface area is 210 Å². The summed E-state index contributed by atoms with van der Waals surface area (Å²) in [5.41, 5.74) is 11.8. The first-order valence-corrected chi connectivity index (χ1v) is 12.7. The van der Waals surface area contributed by atoms with E-state index in [9.17, 15) is 0 Å². The first-order valence-electron chi connectivity index (χ1n) is 12.7. The zero-order valence-electron chi connectivity index (χ0n) is 24.5. The van der Waals surface area contributed by atoms with Crippen molar-refractivity contribution in [2.45, 2.75) is 113 Å². The van der Waals surface area contributed by atoms with Crippen LogP contribution in [0.1, 0.15) is 119 Å². The summed E-state index contributed by atoms with van der Waals surface area (Å²) in [4.78, 5) is 4.74. The molecule has 1 aromatic carbocycles. The molecule has 0 fully saturated rings. The van der Waals surface area contributed by atoms with E-state index in [0.29, 0.717) is 0 Å². The van der Waals surface area contributed by atoms with Crippen molar-refractivity contribution in [1.82, 2.24) is 0 Å². The maximum atomic E-state index is 4.74. The SMILES string of the molecule is C=C(C)\C=C(C)/N=C(C)/C(C)=C/C=C(\C)c1cc2c(cc1C(C)(C)C)C(C)(C)C(C)(C)C2(C)C. The Morgan fingerprint density at radius 3 is 1.79 bits per heavy atom. The molecule has 1 heteroatoms. The fourth-order valence-corrected chi connectivity index (χ4v) is 5.24. The molecule has 186 valence electrons. The molecule has 0 amide bonds. The van der Waals surface area contributed by atoms with Crippen LogP contribution in [0.15, 0.2) is 58.8 Å². The van der Waals surface area contributed by atoms with Crippen molar-refractivity contribution in [3.8, 4) is 0 Å². The van der Waals surface area contributed by atoms with E-state index >= 15 is 0 Å². The van der Waals surface area contributed by atoms with Gasteiger partial charge in [-0.05, 0) is 95.8 Å². The van der Waals surface area contributed by atoms with Gasteiger partial charge in [-0.1, -0.05) is 98.8 Å². The third-order valence-electron chi connectivity index (χ3n) is 8.82. The van der Waals surface area contributed by atoms with Crippen LogP contribution in [0, 0.1) is 5.41 Å². The van der Waals surface area contributed by atoms with Crippen LogP contribution in [-0.2, 0) is 16.2 Å². The lowest BCUT2D eigenvalue weighted by molar-refractivity contribution is 0.125. The molecule has 1 nitrogen and oxygen atoms in total. The van der Waals surface area contributed by atoms with Crippen LogP contribution >= 0.6 is 0 Å². The second-order valence-electron chi connectivity index (χ2n) is 13.1. The van der Waals surface area contributed by atoms with Crippen molar-refractivity contribution >= 4 is 11.3 Å². The second kappa shape index (κ2) is 9.14. The van der Waals surface area contributed by atoms with Gasteiger partial charge in [0.1, 0.15) is 0 Å². The van der Waals surface area contributed by atoms with Gasteiger partial charge in [-0.15, -0.1) is 0 Å². The van der Waals surface area contributed by atoms with Crippen LogP contribution in [0.5, 0.6) is 0 Å². The van der Waals surface area contributed by atoms with Crippen molar-refractivity contribution in [2.24, 2.45) is 10.4 Å². The number of hydrogen-bond acceptors (Lipinski definition) is 1. The molecule has 0 N–H and O–H groups in total. The normalized spacial score (nSPS) is 20.4. The van der Waals surface area contributed by atoms with E-state index in [1.54, 1.807) is 0 Å². The topological polar surface area (TPSA) is 12.4 Å². The lowest BCUT2D eigenvalue weighted by Gasteiger charge is -2.44. The van der Waals surface area contributed by atoms with Crippen LogP contribution in [0.2, 0.25) is 0 Å². The fourth-order valence-electron chi connectivity index (χ4n) is 5.24. The van der Waals surface area contributed by atoms with E-state index in [1.807, 2.05) is 19.9 Å². The minimum atomic E-state index is 0.0625. The Hall–Kier alpha value is -2.15. The Morgan fingerprint density at radius 1 is 0.824 bits per heavy atom. The third-order valence-corrected chi connectivity index (χ3v) is 8.82. The van der Waals surface area contributed by atoms with E-state index in [-0.39, 0.29) is 21.7 Å². The summed E-state index contributed by atoms with van der Waals surface area (Å²) in [6.45, 7) is 36.0. The molecule has 0 unspecified atom stereocenters. The Morgan fingerprint density at radius 2 is 1.32 bits per heavy atom. The van der Waals surface area contributed by atoms with Gasteiger partial charge in [-0.25, -0.2) is 0 Å². The molecule has 0 saturated carbocycles. The van der Waals surface area contributed by atoms with Gasteiger partial charge in [0.25, 0.3) is 0 Å². The van der Waals surface area contributed by atoms with E-state index in [0.717, 1.165) is 17.0 Å². The van der Waals surface area contributed by atoms with Gasteiger partial charge in [0.15, 0.2) is 0 Å². The molecule has 0 aromatic heterocycles. The number of benzene rings is 1. The first kappa shape index (κ1) is 28.1. The molecule has 34 heavy (non-hydrogen) atoms. The van der Waals surface area contributed by atoms with E-state index in [1.165, 1.54) is 33.4 Å². The zero-order valence-corrected chi connectivity index (χ0v) is 24.5. The Balaban J connectivity index is 2.66. The van der Waals surface area contributed by atoms with Crippen LogP contribution in [0.4, 0.5) is 0 Å². The molecule has 1 aromatic rings. The van der Waals surface area contributed by atoms with E-state index in [4.69, 9.17) is 4.99 Å². The molecule has 0 radical (unpaired) electrons. The zero-order chi connectivity index (χ0) is 26.4. The average Bonchev–Trinajstić information content (AvgIpc) is 2.78. The number of nitrogens with zero attached hydrogens (tertiary/aromatic N) is 1. The fraction of sp³-hybridized carbons (Fsp3) is 0.545. The molecule has 0 bridgehead atoms. The van der Waals surface area contributed by atoms with Crippen molar-refractivity contribution < 1.29 is 0 Å². The molecular formula is C33H49N. The molecule has 1 aliphatic carbocycles. The predicted octanol–water partition coefficient (Wildman–Crippen LogP) is 9.87. The minimum absolute atomic E-state index is 0.0625. The average molecular weight is 460 g/mol. The second-order valence-corrected chi connectivity index (χ2v) is 13.1. The van der Waals surface area contributed by atoms with Crippen molar-refractivity contribution in [2.75, 3.05) is 0 Å². The van der Waals surface area contributed by atoms with Crippen LogP contribution in [0.25, 0.3) is 5.57 Å². The number of allylic oxidation sites excluding steroid dienone is 7. The Kier molecular flexibility index (Phi) is 7.55. The lowest BCUT2D eigenvalue weighted by atomic mass is 9.59. The molecule has 1 aliphatic rings. The van der Waals surface area contributed by atoms with Gasteiger partial charge in [-0.3, -0.25) is 4.99 Å². The number of rotatable bonds is 5. The summed E-state index contributed by atoms with van der Waals surface area (Å²) in [6, 6.07) is 5.02. The highest BCUT2D eigenvalue weighted by atomic mass is 14.7. The molecule has 0 spiro atoms. The van der Waals surface area contributed by atoms with E-state index in [2.05, 4.69) is 114 Å². The van der Waals surface area contributed by atoms with Crippen molar-refractivity contribution in [1.29, 1.82) is 0 Å². The molecular weight excluding hydrogens is 410 g/mol. The lowest BCUT2D eigenvalue weighted by Crippen LogP contribution is -2.42. The van der Waals surface area contributed by atoms with Gasteiger partial charge < -0.3 is 0 Å². The largest absolute Gasteiger partial charge is 0.258 e. The predicted molar refractivity (Wildman–Crippen MR) is 154 cm³/mol. The molecule has 0 heterocycles. The maximum absolute atomic E-state index is 4.74. The number of hydrogen-bond donors (Lipinski definition) is 0. The van der Waals surface area contributed by atoms with Gasteiger partial charge in [0.05, 0.1) is 0 Å². The molecule has 2 rings (SSSR count). The summed E-state index contributed by atoms with van der Waals surface area (Å²) in [5.74, 6) is 0. The summed E-state index contributed by atoms with van der Waals surface area (Å²) >= 11 is 0. The molecule has 0 aliphatic heterocycles. The maximum Gasteiger partial charge on any atom is 0.0404 e. The summed E-state index contributed by atoms with van der Waals surface area (Å²) in [6.07, 6.45) is 6.49. The highest BCUT2D eigenvalue weighted by molar-refractivity contribution is 5.98. The summed E-state index contributed by atoms with van der Waals surface area (Å²) in [5, 5.41) is 0. The standard InChI is InChI=1S/C33H49N/c1-21(2)18-24(5)34-25(6)22(3)16-17-23(4)26-19-28-29(20-27(26)30(7,8)9)32(12,13)33(14,15)31(28,10)11/h16-20H,1H2,2-15H3/b22-16+,23-17+,24-18-,34-25+. The smallest absolute Gasteiger partial charge is 0.0404 e. The van der Waals surface area contributed by atoms with Crippen molar-refractivity contribution in [3.05, 3.63) is 76.0 Å². The number of fused-ring (bicyclic) bond motifs is 1. The van der Waals surface area contributed by atoms with E-state index < -0.39 is 0 Å². The third kappa shape index (κ3) is 4.95. The molecule has 0 atom stereocenters. The molecule has 0 saturated heterocycles. The highest BCUT2D eigenvalue weighted by Crippen LogP contribution is 2.62. The monoisotopic (exact) mass is 459 g/mol. The van der Waals surface area contributed by atoms with Gasteiger partial charge >= 0.3 is 0 Å². The van der Waals surface area contributed by atoms with Gasteiger partial charge in [0.2, 0.25) is 0 Å². The van der Waals surface area contributed by atoms with Crippen molar-refractivity contribution in [3.63, 3.8) is 0 Å². The first-order chi connectivity index (χ1) is 15.2. The van der Waals surface area contributed by atoms with Gasteiger partial charge in [0, 0.05) is 11.4 Å². The highest BCUT2D eigenvalue weighted by Gasteiger charge is 2.57. The van der Waals surface area contributed by atoms with Crippen LogP contribution < -0.4 is 0 Å². The van der Waals surface area contributed by atoms with Crippen LogP contribution in [0.3, 0.4) is 0 Å². The number of aliphatic imine (C=N–C) groups is 1. The van der Waals surface area contributed by atoms with Gasteiger partial charge in [-0.2, -0.15) is 0 Å². The van der Waals surface area contributed by atoms with Crippen LogP contribution in [-0.4, -0.2) is 5.71 Å². The summed E-state index contributed by atoms with van der Waals surface area (Å²) in [7, 11) is 0.